The van der Waals surface area contributed by atoms with Crippen LogP contribution >= 0.6 is 0 Å². The van der Waals surface area contributed by atoms with Crippen LogP contribution < -0.4 is 9.04 Å². The maximum Gasteiger partial charge on any atom is 0.327 e. The van der Waals surface area contributed by atoms with E-state index in [1.807, 2.05) is 24.3 Å². The van der Waals surface area contributed by atoms with E-state index in [9.17, 15) is 18.7 Å². The summed E-state index contributed by atoms with van der Waals surface area (Å²) in [6, 6.07) is 13.3. The molecule has 0 fully saturated rings. The fourth-order valence-corrected chi connectivity index (χ4v) is 3.42. The highest BCUT2D eigenvalue weighted by atomic mass is 32.2. The van der Waals surface area contributed by atoms with Crippen molar-refractivity contribution in [1.82, 2.24) is 0 Å². The van der Waals surface area contributed by atoms with E-state index in [1.165, 1.54) is 0 Å². The van der Waals surface area contributed by atoms with Gasteiger partial charge in [-0.1, -0.05) is 38.1 Å². The van der Waals surface area contributed by atoms with Gasteiger partial charge in [-0.05, 0) is 41.3 Å². The number of hydrogen-bond acceptors (Lipinski definition) is 3. The lowest BCUT2D eigenvalue weighted by atomic mass is 10.0. The third-order valence-corrected chi connectivity index (χ3v) is 4.63. The number of hydrogen-bond donors (Lipinski definition) is 2. The summed E-state index contributed by atoms with van der Waals surface area (Å²) >= 11 is -2.45. The van der Waals surface area contributed by atoms with Crippen molar-refractivity contribution < 1.29 is 23.4 Å². The number of carbonyl (C=O) groups is 1. The normalized spacial score (nSPS) is 13.3. The fourth-order valence-electron chi connectivity index (χ4n) is 2.59. The van der Waals surface area contributed by atoms with Gasteiger partial charge in [0.25, 0.3) is 11.3 Å². The molecular formula is C18H21NO5S. The molecule has 25 heavy (non-hydrogen) atoms. The predicted octanol–water partition coefficient (Wildman–Crippen LogP) is 3.41. The molecule has 0 aliphatic carbocycles. The molecule has 2 rings (SSSR count). The molecular weight excluding hydrogens is 342 g/mol. The molecule has 0 saturated heterocycles. The summed E-state index contributed by atoms with van der Waals surface area (Å²) in [6.45, 7) is 3.40. The van der Waals surface area contributed by atoms with Gasteiger partial charge in [-0.3, -0.25) is 8.86 Å². The van der Waals surface area contributed by atoms with Crippen LogP contribution in [0.5, 0.6) is 5.75 Å². The first-order valence-electron chi connectivity index (χ1n) is 7.72. The van der Waals surface area contributed by atoms with Gasteiger partial charge in [0, 0.05) is 0 Å². The van der Waals surface area contributed by atoms with Gasteiger partial charge in [0.15, 0.2) is 0 Å². The van der Waals surface area contributed by atoms with Crippen molar-refractivity contribution in [3.8, 4) is 16.9 Å². The Morgan fingerprint density at radius 3 is 1.88 bits per heavy atom. The summed E-state index contributed by atoms with van der Waals surface area (Å²) in [5, 5.41) is 9.41. The van der Waals surface area contributed by atoms with E-state index in [2.05, 4.69) is 0 Å². The van der Waals surface area contributed by atoms with Crippen LogP contribution in [0.3, 0.4) is 0 Å². The van der Waals surface area contributed by atoms with Gasteiger partial charge < -0.3 is 9.84 Å². The number of carboxylic acids is 1. The summed E-state index contributed by atoms with van der Waals surface area (Å²) in [5.74, 6) is -0.727. The highest BCUT2D eigenvalue weighted by Gasteiger charge is 2.32. The second kappa shape index (κ2) is 8.13. The molecule has 2 unspecified atom stereocenters. The van der Waals surface area contributed by atoms with E-state index in [0.717, 1.165) is 21.2 Å². The van der Waals surface area contributed by atoms with Crippen molar-refractivity contribution >= 4 is 22.9 Å². The minimum absolute atomic E-state index is 0.338. The van der Waals surface area contributed by atoms with Crippen LogP contribution in [0, 0.1) is 5.92 Å². The molecule has 2 atom stereocenters. The minimum Gasteiger partial charge on any atom is -0.497 e. The number of rotatable bonds is 7. The Bertz CT molecular complexity index is 743. The summed E-state index contributed by atoms with van der Waals surface area (Å²) in [5.41, 5.74) is 2.24. The lowest BCUT2D eigenvalue weighted by Gasteiger charge is -2.29. The van der Waals surface area contributed by atoms with Crippen molar-refractivity contribution in [3.05, 3.63) is 48.5 Å². The smallest absolute Gasteiger partial charge is 0.327 e. The zero-order valence-corrected chi connectivity index (χ0v) is 15.1. The molecule has 0 amide bonds. The maximum absolute atomic E-state index is 11.7. The zero-order valence-electron chi connectivity index (χ0n) is 14.2. The second-order valence-corrected chi connectivity index (χ2v) is 6.71. The van der Waals surface area contributed by atoms with E-state index in [0.29, 0.717) is 5.69 Å². The van der Waals surface area contributed by atoms with E-state index in [-0.39, 0.29) is 5.92 Å². The van der Waals surface area contributed by atoms with Gasteiger partial charge in [-0.25, -0.2) is 9.00 Å². The van der Waals surface area contributed by atoms with Gasteiger partial charge in [0.2, 0.25) is 0 Å². The molecule has 0 heterocycles. The van der Waals surface area contributed by atoms with Crippen molar-refractivity contribution in [2.75, 3.05) is 11.4 Å². The molecule has 0 spiro atoms. The van der Waals surface area contributed by atoms with Crippen molar-refractivity contribution in [1.29, 1.82) is 0 Å². The number of benzene rings is 2. The largest absolute Gasteiger partial charge is 0.497 e. The molecule has 6 nitrogen and oxygen atoms in total. The molecule has 0 radical (unpaired) electrons. The molecule has 134 valence electrons. The Morgan fingerprint density at radius 1 is 1.04 bits per heavy atom. The maximum atomic E-state index is 11.7. The monoisotopic (exact) mass is 363 g/mol. The minimum atomic E-state index is -2.45. The number of methoxy groups -OCH3 is 1. The van der Waals surface area contributed by atoms with Crippen LogP contribution in [0.1, 0.15) is 13.8 Å². The summed E-state index contributed by atoms with van der Waals surface area (Å²) in [7, 11) is 1.60. The first-order chi connectivity index (χ1) is 11.8. The summed E-state index contributed by atoms with van der Waals surface area (Å²) in [6.07, 6.45) is 0. The molecule has 0 saturated carbocycles. The summed E-state index contributed by atoms with van der Waals surface area (Å²) < 4.78 is 27.5. The second-order valence-electron chi connectivity index (χ2n) is 5.86. The van der Waals surface area contributed by atoms with E-state index < -0.39 is 23.3 Å². The van der Waals surface area contributed by atoms with E-state index in [4.69, 9.17) is 4.74 Å². The quantitative estimate of drug-likeness (QED) is 0.736. The SMILES string of the molecule is COc1ccc(-c2ccc(N(C(C(=O)O)C(C)C)S(=O)O)cc2)cc1. The van der Waals surface area contributed by atoms with Crippen LogP contribution in [-0.4, -0.2) is 33.0 Å². The van der Waals surface area contributed by atoms with Crippen molar-refractivity contribution in [3.63, 3.8) is 0 Å². The predicted molar refractivity (Wildman–Crippen MR) is 97.9 cm³/mol. The van der Waals surface area contributed by atoms with Gasteiger partial charge in [0.05, 0.1) is 12.8 Å². The number of carboxylic acid groups (broad SMARTS) is 1. The summed E-state index contributed by atoms with van der Waals surface area (Å²) in [4.78, 5) is 11.5. The van der Waals surface area contributed by atoms with Crippen LogP contribution in [-0.2, 0) is 16.1 Å². The fraction of sp³-hybridized carbons (Fsp3) is 0.278. The van der Waals surface area contributed by atoms with Crippen LogP contribution in [0.15, 0.2) is 48.5 Å². The Morgan fingerprint density at radius 2 is 1.52 bits per heavy atom. The molecule has 2 N–H and O–H groups in total. The standard InChI is InChI=1S/C18H21NO5S/c1-12(2)17(18(20)21)19(25(22)23)15-8-4-13(5-9-15)14-6-10-16(24-3)11-7-14/h4-12,17H,1-3H3,(H,20,21)(H,22,23). The number of ether oxygens (including phenoxy) is 1. The highest BCUT2D eigenvalue weighted by molar-refractivity contribution is 7.80. The van der Waals surface area contributed by atoms with Crippen LogP contribution in [0.2, 0.25) is 0 Å². The number of nitrogens with zero attached hydrogens (tertiary/aromatic N) is 1. The Balaban J connectivity index is 2.34. The van der Waals surface area contributed by atoms with Crippen molar-refractivity contribution in [2.45, 2.75) is 19.9 Å². The van der Waals surface area contributed by atoms with Crippen LogP contribution in [0.25, 0.3) is 11.1 Å². The molecule has 0 bridgehead atoms. The first kappa shape index (κ1) is 19.0. The molecule has 2 aromatic carbocycles. The lowest BCUT2D eigenvalue weighted by Crippen LogP contribution is -2.45. The molecule has 0 aliphatic rings. The molecule has 0 aromatic heterocycles. The number of anilines is 1. The lowest BCUT2D eigenvalue weighted by molar-refractivity contribution is -0.139. The van der Waals surface area contributed by atoms with Gasteiger partial charge in [0.1, 0.15) is 11.8 Å². The average molecular weight is 363 g/mol. The molecule has 7 heteroatoms. The van der Waals surface area contributed by atoms with Crippen molar-refractivity contribution in [2.24, 2.45) is 5.92 Å². The van der Waals surface area contributed by atoms with E-state index >= 15 is 0 Å². The Labute approximate surface area is 149 Å². The third kappa shape index (κ3) is 4.37. The Kier molecular flexibility index (Phi) is 6.17. The van der Waals surface area contributed by atoms with Gasteiger partial charge in [-0.2, -0.15) is 0 Å². The molecule has 2 aromatic rings. The first-order valence-corrected chi connectivity index (χ1v) is 8.79. The zero-order chi connectivity index (χ0) is 18.6. The highest BCUT2D eigenvalue weighted by Crippen LogP contribution is 2.28. The molecule has 0 aliphatic heterocycles. The topological polar surface area (TPSA) is 87.1 Å². The third-order valence-electron chi connectivity index (χ3n) is 3.85. The van der Waals surface area contributed by atoms with E-state index in [1.54, 1.807) is 45.2 Å². The van der Waals surface area contributed by atoms with Crippen LogP contribution in [0.4, 0.5) is 5.69 Å². The number of aliphatic carboxylic acids is 1. The van der Waals surface area contributed by atoms with Gasteiger partial charge >= 0.3 is 5.97 Å². The Hall–Kier alpha value is -2.38. The average Bonchev–Trinajstić information content (AvgIpc) is 2.59. The van der Waals surface area contributed by atoms with Gasteiger partial charge in [-0.15, -0.1) is 0 Å².